The van der Waals surface area contributed by atoms with Crippen LogP contribution in [0.2, 0.25) is 0 Å². The number of hydrogen-bond acceptors (Lipinski definition) is 9. The van der Waals surface area contributed by atoms with Crippen LogP contribution in [0.1, 0.15) is 55.4 Å². The monoisotopic (exact) mass is 922 g/mol. The van der Waals surface area contributed by atoms with Crippen molar-refractivity contribution < 1.29 is 33.3 Å². The zero-order chi connectivity index (χ0) is 45.1. The number of fused-ring (bicyclic) bond motifs is 1. The number of halogens is 1. The zero-order valence-corrected chi connectivity index (χ0v) is 38.7. The third-order valence-electron chi connectivity index (χ3n) is 12.4. The van der Waals surface area contributed by atoms with Crippen LogP contribution in [0.15, 0.2) is 168 Å². The van der Waals surface area contributed by atoms with Crippen molar-refractivity contribution in [2.45, 2.75) is 50.4 Å². The minimum Gasteiger partial charge on any atom is -0.494 e. The number of methoxy groups -OCH3 is 3. The maximum atomic E-state index is 15.7. The highest BCUT2D eigenvalue weighted by molar-refractivity contribution is 9.09. The van der Waals surface area contributed by atoms with Crippen molar-refractivity contribution >= 4 is 38.6 Å². The molecule has 9 nitrogen and oxygen atoms in total. The summed E-state index contributed by atoms with van der Waals surface area (Å²) in [7, 11) is 4.56. The fourth-order valence-corrected chi connectivity index (χ4v) is 10.2. The first-order valence-electron chi connectivity index (χ1n) is 21.6. The number of hydrogen-bond donors (Lipinski definition) is 0. The molecule has 5 aromatic carbocycles. The normalized spacial score (nSPS) is 15.2. The number of rotatable bonds is 19. The Balaban J connectivity index is 1.47. The van der Waals surface area contributed by atoms with Gasteiger partial charge in [0.1, 0.15) is 5.75 Å². The molecule has 0 bridgehead atoms. The summed E-state index contributed by atoms with van der Waals surface area (Å²) in [6.45, 7) is 4.84. The maximum Gasteiger partial charge on any atom is 0.337 e. The predicted molar refractivity (Wildman–Crippen MR) is 255 cm³/mol. The van der Waals surface area contributed by atoms with Gasteiger partial charge in [0.05, 0.1) is 51.1 Å². The van der Waals surface area contributed by atoms with Crippen LogP contribution in [0, 0.1) is 0 Å². The number of aryl methyl sites for hydroxylation is 1. The van der Waals surface area contributed by atoms with Crippen molar-refractivity contribution in [2.24, 2.45) is 0 Å². The average Bonchev–Trinajstić information content (AvgIpc) is 3.34. The Morgan fingerprint density at radius 1 is 0.688 bits per heavy atom. The molecule has 10 heteroatoms. The number of esters is 2. The van der Waals surface area contributed by atoms with Gasteiger partial charge in [0, 0.05) is 41.1 Å². The van der Waals surface area contributed by atoms with E-state index in [1.165, 1.54) is 7.11 Å². The minimum atomic E-state index is -1.59. The molecule has 1 atom stereocenters. The van der Waals surface area contributed by atoms with E-state index in [-0.39, 0.29) is 6.61 Å². The second-order valence-corrected chi connectivity index (χ2v) is 16.6. The first-order valence-corrected chi connectivity index (χ1v) is 22.7. The van der Waals surface area contributed by atoms with Crippen molar-refractivity contribution in [1.82, 2.24) is 9.88 Å². The molecule has 64 heavy (non-hydrogen) atoms. The fraction of sp³-hybridized carbons (Fsp3) is 0.278. The second-order valence-electron chi connectivity index (χ2n) is 15.8. The van der Waals surface area contributed by atoms with E-state index in [0.29, 0.717) is 83.8 Å². The molecular formula is C54H55BrN2O7. The number of alkyl halides is 1. The molecule has 0 amide bonds. The molecule has 7 rings (SSSR count). The van der Waals surface area contributed by atoms with Crippen LogP contribution >= 0.6 is 15.9 Å². The first kappa shape index (κ1) is 45.6. The van der Waals surface area contributed by atoms with E-state index in [4.69, 9.17) is 23.7 Å². The quantitative estimate of drug-likeness (QED) is 0.0447. The number of benzene rings is 5. The van der Waals surface area contributed by atoms with Crippen LogP contribution in [0.25, 0.3) is 10.8 Å². The second kappa shape index (κ2) is 20.9. The van der Waals surface area contributed by atoms with E-state index in [0.717, 1.165) is 33.2 Å². The van der Waals surface area contributed by atoms with Crippen LogP contribution in [0.3, 0.4) is 0 Å². The number of pyridine rings is 1. The van der Waals surface area contributed by atoms with Gasteiger partial charge in [-0.2, -0.15) is 0 Å². The molecule has 0 spiro atoms. The molecule has 1 aromatic heterocycles. The number of nitrogens with zero attached hydrogens (tertiary/aromatic N) is 2. The van der Waals surface area contributed by atoms with Gasteiger partial charge in [-0.1, -0.05) is 119 Å². The van der Waals surface area contributed by atoms with Crippen molar-refractivity contribution in [3.63, 3.8) is 0 Å². The summed E-state index contributed by atoms with van der Waals surface area (Å²) in [5.41, 5.74) is 2.60. The van der Waals surface area contributed by atoms with Gasteiger partial charge in [-0.25, -0.2) is 9.59 Å². The van der Waals surface area contributed by atoms with E-state index < -0.39 is 22.8 Å². The first-order chi connectivity index (χ1) is 31.2. The minimum absolute atomic E-state index is 0.129. The summed E-state index contributed by atoms with van der Waals surface area (Å²) >= 11 is 3.88. The Hall–Kier alpha value is -6.39. The largest absolute Gasteiger partial charge is 0.494 e. The van der Waals surface area contributed by atoms with Crippen molar-refractivity contribution in [1.29, 1.82) is 0 Å². The van der Waals surface area contributed by atoms with E-state index in [1.54, 1.807) is 20.4 Å². The Kier molecular flexibility index (Phi) is 14.9. The summed E-state index contributed by atoms with van der Waals surface area (Å²) in [5, 5.41) is 2.73. The van der Waals surface area contributed by atoms with Gasteiger partial charge < -0.3 is 28.6 Å². The lowest BCUT2D eigenvalue weighted by atomic mass is 9.46. The van der Waals surface area contributed by atoms with Gasteiger partial charge in [0.2, 0.25) is 0 Å². The van der Waals surface area contributed by atoms with Crippen molar-refractivity contribution in [3.05, 3.63) is 191 Å². The summed E-state index contributed by atoms with van der Waals surface area (Å²) in [6, 6.07) is 44.0. The Labute approximate surface area is 384 Å². The van der Waals surface area contributed by atoms with Gasteiger partial charge in [0.15, 0.2) is 11.5 Å². The molecule has 1 aliphatic heterocycles. The highest BCUT2D eigenvalue weighted by atomic mass is 79.9. The van der Waals surface area contributed by atoms with Crippen molar-refractivity contribution in [3.8, 4) is 17.2 Å². The number of aromatic nitrogens is 1. The third kappa shape index (κ3) is 8.76. The van der Waals surface area contributed by atoms with Crippen LogP contribution in [0.5, 0.6) is 17.2 Å². The van der Waals surface area contributed by atoms with E-state index in [9.17, 15) is 0 Å². The molecule has 1 unspecified atom stereocenters. The SMILES string of the molecule is COC(=O)C1=C(C)N(CCCOc2ccc3ccccc3c2)C(C)=C(C(=O)OCCCc2cccnc2)C1(c1ccc(OC)c(OC)c1)C(CCBr)(c1ccccc1)c1ccccc1. The van der Waals surface area contributed by atoms with Gasteiger partial charge in [-0.05, 0) is 103 Å². The van der Waals surface area contributed by atoms with Crippen LogP contribution < -0.4 is 14.2 Å². The Morgan fingerprint density at radius 3 is 1.97 bits per heavy atom. The third-order valence-corrected chi connectivity index (χ3v) is 12.8. The Bertz CT molecular complexity index is 2580. The number of carbonyl (C=O) groups is 2. The molecule has 330 valence electrons. The van der Waals surface area contributed by atoms with E-state index >= 15 is 9.59 Å². The Morgan fingerprint density at radius 2 is 1.34 bits per heavy atom. The molecule has 0 saturated carbocycles. The molecule has 0 radical (unpaired) electrons. The highest BCUT2D eigenvalue weighted by Crippen LogP contribution is 2.63. The van der Waals surface area contributed by atoms with Crippen LogP contribution in [-0.2, 0) is 36.3 Å². The predicted octanol–water partition coefficient (Wildman–Crippen LogP) is 10.9. The van der Waals surface area contributed by atoms with Gasteiger partial charge >= 0.3 is 11.9 Å². The van der Waals surface area contributed by atoms with E-state index in [2.05, 4.69) is 68.3 Å². The molecular weight excluding hydrogens is 869 g/mol. The van der Waals surface area contributed by atoms with Gasteiger partial charge in [0.25, 0.3) is 0 Å². The summed E-state index contributed by atoms with van der Waals surface area (Å²) in [6.07, 6.45) is 5.79. The number of carbonyl (C=O) groups excluding carboxylic acids is 2. The molecule has 0 fully saturated rings. The molecule has 2 heterocycles. The summed E-state index contributed by atoms with van der Waals surface area (Å²) in [5.74, 6) is 0.572. The van der Waals surface area contributed by atoms with Crippen LogP contribution in [0.4, 0.5) is 0 Å². The van der Waals surface area contributed by atoms with Gasteiger partial charge in [-0.15, -0.1) is 0 Å². The maximum absolute atomic E-state index is 15.7. The lowest BCUT2D eigenvalue weighted by Crippen LogP contribution is -2.59. The molecule has 0 N–H and O–H groups in total. The average molecular weight is 924 g/mol. The number of ether oxygens (including phenoxy) is 5. The lowest BCUT2D eigenvalue weighted by molar-refractivity contribution is -0.141. The summed E-state index contributed by atoms with van der Waals surface area (Å²) < 4.78 is 30.4. The molecule has 6 aromatic rings. The molecule has 0 saturated heterocycles. The lowest BCUT2D eigenvalue weighted by Gasteiger charge is -2.56. The topological polar surface area (TPSA) is 96.4 Å². The molecule has 1 aliphatic rings. The van der Waals surface area contributed by atoms with E-state index in [1.807, 2.05) is 111 Å². The number of allylic oxidation sites excluding steroid dienone is 2. The standard InChI is InChI=1S/C54H55BrN2O7/c1-38-49(51(58)62-5)54(45-26-28-47(60-3)48(36-45)61-4,53(29-30-55,43-21-8-6-9-22-43)44-23-10-7-11-24-44)50(52(59)64-33-15-18-40-17-14-31-56-37-40)39(2)57(38)32-16-34-63-46-27-25-41-19-12-13-20-42(41)35-46/h6-14,17,19-28,31,35-37H,15-16,18,29-30,32-34H2,1-5H3. The highest BCUT2D eigenvalue weighted by Gasteiger charge is 2.65. The summed E-state index contributed by atoms with van der Waals surface area (Å²) in [4.78, 5) is 37.3. The fourth-order valence-electron chi connectivity index (χ4n) is 9.65. The van der Waals surface area contributed by atoms with Crippen molar-refractivity contribution in [2.75, 3.05) is 46.4 Å². The van der Waals surface area contributed by atoms with Gasteiger partial charge in [-0.3, -0.25) is 4.98 Å². The van der Waals surface area contributed by atoms with Crippen LogP contribution in [-0.4, -0.2) is 68.2 Å². The smallest absolute Gasteiger partial charge is 0.337 e. The molecule has 0 aliphatic carbocycles. The zero-order valence-electron chi connectivity index (χ0n) is 37.1.